The SMILES string of the molecule is COc1ccc2cc(-c3ccccc3)n(S(=O)(=O)c3ccccc3)c2c1. The van der Waals surface area contributed by atoms with Crippen LogP contribution in [-0.2, 0) is 10.0 Å². The summed E-state index contributed by atoms with van der Waals surface area (Å²) in [5, 5.41) is 0.837. The van der Waals surface area contributed by atoms with Gasteiger partial charge in [-0.15, -0.1) is 0 Å². The van der Waals surface area contributed by atoms with Crippen molar-refractivity contribution < 1.29 is 13.2 Å². The lowest BCUT2D eigenvalue weighted by molar-refractivity contribution is 0.415. The fourth-order valence-electron chi connectivity index (χ4n) is 3.05. The molecule has 1 aromatic heterocycles. The van der Waals surface area contributed by atoms with E-state index in [9.17, 15) is 8.42 Å². The van der Waals surface area contributed by atoms with Gasteiger partial charge < -0.3 is 4.74 Å². The van der Waals surface area contributed by atoms with E-state index in [1.54, 1.807) is 43.5 Å². The normalized spacial score (nSPS) is 11.6. The van der Waals surface area contributed by atoms with E-state index in [-0.39, 0.29) is 4.90 Å². The van der Waals surface area contributed by atoms with Crippen LogP contribution in [0.15, 0.2) is 89.8 Å². The smallest absolute Gasteiger partial charge is 0.268 e. The average molecular weight is 363 g/mol. The molecule has 0 radical (unpaired) electrons. The van der Waals surface area contributed by atoms with Gasteiger partial charge in [0.1, 0.15) is 5.75 Å². The summed E-state index contributed by atoms with van der Waals surface area (Å²) in [6.07, 6.45) is 0. The first-order valence-electron chi connectivity index (χ1n) is 8.17. The number of rotatable bonds is 4. The zero-order valence-electron chi connectivity index (χ0n) is 14.2. The molecule has 0 saturated heterocycles. The molecule has 0 aliphatic rings. The second-order valence-electron chi connectivity index (χ2n) is 5.90. The van der Waals surface area contributed by atoms with Crippen molar-refractivity contribution >= 4 is 20.9 Å². The highest BCUT2D eigenvalue weighted by Crippen LogP contribution is 2.33. The lowest BCUT2D eigenvalue weighted by atomic mass is 10.1. The van der Waals surface area contributed by atoms with E-state index in [0.717, 1.165) is 10.9 Å². The molecule has 0 bridgehead atoms. The van der Waals surface area contributed by atoms with Crippen molar-refractivity contribution in [3.63, 3.8) is 0 Å². The van der Waals surface area contributed by atoms with Crippen molar-refractivity contribution in [1.29, 1.82) is 0 Å². The van der Waals surface area contributed by atoms with Gasteiger partial charge >= 0.3 is 0 Å². The van der Waals surface area contributed by atoms with Gasteiger partial charge in [-0.3, -0.25) is 0 Å². The highest BCUT2D eigenvalue weighted by Gasteiger charge is 2.24. The standard InChI is InChI=1S/C21H17NO3S/c1-25-18-13-12-17-14-20(16-8-4-2-5-9-16)22(21(17)15-18)26(23,24)19-10-6-3-7-11-19/h2-15H,1H3. The molecule has 4 rings (SSSR count). The molecular formula is C21H17NO3S. The van der Waals surface area contributed by atoms with Crippen LogP contribution in [0.3, 0.4) is 0 Å². The predicted molar refractivity (Wildman–Crippen MR) is 103 cm³/mol. The Morgan fingerprint density at radius 3 is 2.12 bits per heavy atom. The van der Waals surface area contributed by atoms with Gasteiger partial charge in [-0.25, -0.2) is 12.4 Å². The molecule has 0 fully saturated rings. The molecule has 26 heavy (non-hydrogen) atoms. The van der Waals surface area contributed by atoms with Gasteiger partial charge in [0.25, 0.3) is 10.0 Å². The minimum atomic E-state index is -3.76. The van der Waals surface area contributed by atoms with Crippen molar-refractivity contribution in [2.45, 2.75) is 4.90 Å². The number of aromatic nitrogens is 1. The Labute approximate surface area is 152 Å². The van der Waals surface area contributed by atoms with Crippen molar-refractivity contribution in [2.75, 3.05) is 7.11 Å². The highest BCUT2D eigenvalue weighted by atomic mass is 32.2. The molecule has 0 spiro atoms. The predicted octanol–water partition coefficient (Wildman–Crippen LogP) is 4.55. The Morgan fingerprint density at radius 2 is 1.46 bits per heavy atom. The van der Waals surface area contributed by atoms with Crippen molar-refractivity contribution in [2.24, 2.45) is 0 Å². The van der Waals surface area contributed by atoms with E-state index in [4.69, 9.17) is 4.74 Å². The highest BCUT2D eigenvalue weighted by molar-refractivity contribution is 7.90. The van der Waals surface area contributed by atoms with Gasteiger partial charge in [0, 0.05) is 11.5 Å². The quantitative estimate of drug-likeness (QED) is 0.534. The van der Waals surface area contributed by atoms with E-state index in [1.807, 2.05) is 48.5 Å². The Bertz CT molecular complexity index is 1160. The van der Waals surface area contributed by atoms with E-state index in [2.05, 4.69) is 0 Å². The van der Waals surface area contributed by atoms with Crippen LogP contribution in [0.5, 0.6) is 5.75 Å². The summed E-state index contributed by atoms with van der Waals surface area (Å²) in [7, 11) is -2.20. The first-order valence-corrected chi connectivity index (χ1v) is 9.61. The van der Waals surface area contributed by atoms with Crippen LogP contribution in [0, 0.1) is 0 Å². The maximum absolute atomic E-state index is 13.4. The second kappa shape index (κ2) is 6.35. The zero-order valence-corrected chi connectivity index (χ0v) is 15.0. The van der Waals surface area contributed by atoms with Crippen LogP contribution in [0.4, 0.5) is 0 Å². The summed E-state index contributed by atoms with van der Waals surface area (Å²) in [5.41, 5.74) is 2.05. The fourth-order valence-corrected chi connectivity index (χ4v) is 4.60. The van der Waals surface area contributed by atoms with E-state index >= 15 is 0 Å². The molecule has 0 aliphatic heterocycles. The minimum absolute atomic E-state index is 0.248. The molecule has 0 unspecified atom stereocenters. The first-order chi connectivity index (χ1) is 12.6. The molecule has 0 amide bonds. The average Bonchev–Trinajstić information content (AvgIpc) is 3.08. The lowest BCUT2D eigenvalue weighted by Crippen LogP contribution is -2.14. The van der Waals surface area contributed by atoms with Crippen LogP contribution < -0.4 is 4.74 Å². The summed E-state index contributed by atoms with van der Waals surface area (Å²) in [6.45, 7) is 0. The fraction of sp³-hybridized carbons (Fsp3) is 0.0476. The van der Waals surface area contributed by atoms with Crippen LogP contribution >= 0.6 is 0 Å². The molecule has 5 heteroatoms. The number of fused-ring (bicyclic) bond motifs is 1. The van der Waals surface area contributed by atoms with Crippen molar-refractivity contribution in [1.82, 2.24) is 3.97 Å². The van der Waals surface area contributed by atoms with Gasteiger partial charge in [-0.1, -0.05) is 48.5 Å². The molecule has 4 nitrogen and oxygen atoms in total. The third-order valence-corrected chi connectivity index (χ3v) is 6.06. The van der Waals surface area contributed by atoms with Crippen molar-refractivity contribution in [3.05, 3.63) is 84.9 Å². The minimum Gasteiger partial charge on any atom is -0.497 e. The molecule has 4 aromatic rings. The third kappa shape index (κ3) is 2.66. The molecule has 0 saturated carbocycles. The number of nitrogens with zero attached hydrogens (tertiary/aromatic N) is 1. The van der Waals surface area contributed by atoms with E-state index < -0.39 is 10.0 Å². The van der Waals surface area contributed by atoms with Crippen LogP contribution in [-0.4, -0.2) is 19.5 Å². The van der Waals surface area contributed by atoms with Gasteiger partial charge in [0.05, 0.1) is 23.2 Å². The number of hydrogen-bond donors (Lipinski definition) is 0. The molecule has 0 N–H and O–H groups in total. The summed E-state index contributed by atoms with van der Waals surface area (Å²) >= 11 is 0. The van der Waals surface area contributed by atoms with Gasteiger partial charge in [0.2, 0.25) is 0 Å². The monoisotopic (exact) mass is 363 g/mol. The Kier molecular flexibility index (Phi) is 4.01. The van der Waals surface area contributed by atoms with Crippen LogP contribution in [0.25, 0.3) is 22.2 Å². The van der Waals surface area contributed by atoms with Crippen LogP contribution in [0.2, 0.25) is 0 Å². The topological polar surface area (TPSA) is 48.3 Å². The Morgan fingerprint density at radius 1 is 0.808 bits per heavy atom. The third-order valence-electron chi connectivity index (χ3n) is 4.32. The van der Waals surface area contributed by atoms with E-state index in [0.29, 0.717) is 17.0 Å². The number of ether oxygens (including phenoxy) is 1. The van der Waals surface area contributed by atoms with Gasteiger partial charge in [0.15, 0.2) is 0 Å². The molecule has 130 valence electrons. The maximum atomic E-state index is 13.4. The number of hydrogen-bond acceptors (Lipinski definition) is 3. The lowest BCUT2D eigenvalue weighted by Gasteiger charge is -2.12. The molecule has 0 aliphatic carbocycles. The summed E-state index contributed by atoms with van der Waals surface area (Å²) in [6, 6.07) is 25.3. The molecule has 0 atom stereocenters. The van der Waals surface area contributed by atoms with E-state index in [1.165, 1.54) is 3.97 Å². The first kappa shape index (κ1) is 16.4. The summed E-state index contributed by atoms with van der Waals surface area (Å²) in [4.78, 5) is 0.248. The zero-order chi connectivity index (χ0) is 18.1. The summed E-state index contributed by atoms with van der Waals surface area (Å²) in [5.74, 6) is 0.611. The Hall–Kier alpha value is -3.05. The molecule has 3 aromatic carbocycles. The van der Waals surface area contributed by atoms with Gasteiger partial charge in [-0.2, -0.15) is 0 Å². The van der Waals surface area contributed by atoms with Crippen LogP contribution in [0.1, 0.15) is 0 Å². The molecular weight excluding hydrogens is 346 g/mol. The number of benzene rings is 3. The van der Waals surface area contributed by atoms with Gasteiger partial charge in [-0.05, 0) is 35.9 Å². The number of methoxy groups -OCH3 is 1. The molecule has 1 heterocycles. The summed E-state index contributed by atoms with van der Waals surface area (Å²) < 4.78 is 33.6. The Balaban J connectivity index is 2.08. The largest absolute Gasteiger partial charge is 0.497 e. The maximum Gasteiger partial charge on any atom is 0.268 e. The van der Waals surface area contributed by atoms with Crippen molar-refractivity contribution in [3.8, 4) is 17.0 Å². The second-order valence-corrected chi connectivity index (χ2v) is 7.69.